The number of nitriles is 1. The zero-order valence-corrected chi connectivity index (χ0v) is 7.87. The zero-order valence-electron chi connectivity index (χ0n) is 7.87. The molecule has 3 heteroatoms. The van der Waals surface area contributed by atoms with Crippen LogP contribution in [0.3, 0.4) is 0 Å². The molecule has 0 radical (unpaired) electrons. The van der Waals surface area contributed by atoms with Gasteiger partial charge in [-0.25, -0.2) is 0 Å². The average molecular weight is 176 g/mol. The number of aromatic nitrogens is 1. The van der Waals surface area contributed by atoms with Crippen LogP contribution in [0.5, 0.6) is 5.75 Å². The predicted molar refractivity (Wildman–Crippen MR) is 49.5 cm³/mol. The predicted octanol–water partition coefficient (Wildman–Crippen LogP) is 1.91. The van der Waals surface area contributed by atoms with Crippen LogP contribution in [0.15, 0.2) is 12.3 Å². The van der Waals surface area contributed by atoms with E-state index in [1.165, 1.54) is 0 Å². The van der Waals surface area contributed by atoms with Crippen LogP contribution in [0.1, 0.15) is 25.1 Å². The van der Waals surface area contributed by atoms with Gasteiger partial charge >= 0.3 is 0 Å². The van der Waals surface area contributed by atoms with E-state index < -0.39 is 0 Å². The molecule has 1 aromatic heterocycles. The molecule has 0 aliphatic carbocycles. The van der Waals surface area contributed by atoms with Crippen LogP contribution in [0.25, 0.3) is 0 Å². The topological polar surface area (TPSA) is 45.9 Å². The van der Waals surface area contributed by atoms with Gasteiger partial charge in [0.1, 0.15) is 17.4 Å². The van der Waals surface area contributed by atoms with Gasteiger partial charge in [0.2, 0.25) is 0 Å². The van der Waals surface area contributed by atoms with Crippen LogP contribution in [-0.4, -0.2) is 11.6 Å². The van der Waals surface area contributed by atoms with Gasteiger partial charge in [-0.15, -0.1) is 0 Å². The van der Waals surface area contributed by atoms with E-state index in [9.17, 15) is 0 Å². The Balaban J connectivity index is 3.13. The van der Waals surface area contributed by atoms with E-state index in [4.69, 9.17) is 10.00 Å². The summed E-state index contributed by atoms with van der Waals surface area (Å²) in [6, 6.07) is 3.84. The fraction of sp³-hybridized carbons (Fsp3) is 0.400. The maximum Gasteiger partial charge on any atom is 0.140 e. The first kappa shape index (κ1) is 9.53. The van der Waals surface area contributed by atoms with Crippen LogP contribution in [0.4, 0.5) is 0 Å². The molecule has 0 saturated heterocycles. The molecule has 68 valence electrons. The Morgan fingerprint density at radius 3 is 2.85 bits per heavy atom. The molecule has 13 heavy (non-hydrogen) atoms. The van der Waals surface area contributed by atoms with Crippen LogP contribution in [0.2, 0.25) is 0 Å². The summed E-state index contributed by atoms with van der Waals surface area (Å²) in [6.07, 6.45) is 2.43. The van der Waals surface area contributed by atoms with E-state index >= 15 is 0 Å². The van der Waals surface area contributed by atoms with Crippen molar-refractivity contribution >= 4 is 0 Å². The first-order valence-corrected chi connectivity index (χ1v) is 4.34. The van der Waals surface area contributed by atoms with Gasteiger partial charge in [-0.2, -0.15) is 5.26 Å². The number of pyridine rings is 1. The standard InChI is InChI=1S/C10H12N2O/c1-3-9-8(7-11)10(13-4-2)5-6-12-9/h5-6H,3-4H2,1-2H3. The molecule has 0 aromatic carbocycles. The third-order valence-electron chi connectivity index (χ3n) is 1.74. The Hall–Kier alpha value is -1.56. The zero-order chi connectivity index (χ0) is 9.68. The molecule has 1 rings (SSSR count). The molecule has 0 aliphatic heterocycles. The van der Waals surface area contributed by atoms with E-state index in [0.717, 1.165) is 12.1 Å². The average Bonchev–Trinajstić information content (AvgIpc) is 2.18. The number of aryl methyl sites for hydroxylation is 1. The van der Waals surface area contributed by atoms with E-state index in [2.05, 4.69) is 11.1 Å². The Kier molecular flexibility index (Phi) is 3.27. The monoisotopic (exact) mass is 176 g/mol. The molecular formula is C10H12N2O. The van der Waals surface area contributed by atoms with Gasteiger partial charge in [-0.3, -0.25) is 4.98 Å². The van der Waals surface area contributed by atoms with Crippen LogP contribution >= 0.6 is 0 Å². The number of rotatable bonds is 3. The summed E-state index contributed by atoms with van der Waals surface area (Å²) in [5.74, 6) is 0.636. The lowest BCUT2D eigenvalue weighted by atomic mass is 10.1. The summed E-state index contributed by atoms with van der Waals surface area (Å²) >= 11 is 0. The minimum atomic E-state index is 0.562. The van der Waals surface area contributed by atoms with E-state index in [0.29, 0.717) is 17.9 Å². The van der Waals surface area contributed by atoms with E-state index in [1.54, 1.807) is 12.3 Å². The van der Waals surface area contributed by atoms with Crippen molar-refractivity contribution in [2.24, 2.45) is 0 Å². The molecule has 0 unspecified atom stereocenters. The SMILES string of the molecule is CCOc1ccnc(CC)c1C#N. The summed E-state index contributed by atoms with van der Waals surface area (Å²) < 4.78 is 5.31. The number of hydrogen-bond donors (Lipinski definition) is 0. The van der Waals surface area contributed by atoms with Gasteiger partial charge in [-0.1, -0.05) is 6.92 Å². The van der Waals surface area contributed by atoms with Crippen molar-refractivity contribution in [3.05, 3.63) is 23.5 Å². The molecule has 0 amide bonds. The van der Waals surface area contributed by atoms with Crippen LogP contribution in [-0.2, 0) is 6.42 Å². The fourth-order valence-electron chi connectivity index (χ4n) is 1.15. The van der Waals surface area contributed by atoms with Crippen molar-refractivity contribution in [2.75, 3.05) is 6.61 Å². The largest absolute Gasteiger partial charge is 0.492 e. The molecule has 0 atom stereocenters. The second kappa shape index (κ2) is 4.46. The Morgan fingerprint density at radius 2 is 2.31 bits per heavy atom. The van der Waals surface area contributed by atoms with E-state index in [-0.39, 0.29) is 0 Å². The smallest absolute Gasteiger partial charge is 0.140 e. The summed E-state index contributed by atoms with van der Waals surface area (Å²) in [5, 5.41) is 8.89. The minimum Gasteiger partial charge on any atom is -0.492 e. The summed E-state index contributed by atoms with van der Waals surface area (Å²) in [4.78, 5) is 4.11. The molecule has 0 N–H and O–H groups in total. The van der Waals surface area contributed by atoms with Crippen molar-refractivity contribution in [1.29, 1.82) is 5.26 Å². The molecule has 0 fully saturated rings. The summed E-state index contributed by atoms with van der Waals surface area (Å²) in [6.45, 7) is 4.44. The second-order valence-electron chi connectivity index (χ2n) is 2.53. The summed E-state index contributed by atoms with van der Waals surface area (Å²) in [5.41, 5.74) is 1.36. The highest BCUT2D eigenvalue weighted by molar-refractivity contribution is 5.45. The van der Waals surface area contributed by atoms with Gasteiger partial charge in [0.05, 0.1) is 12.3 Å². The van der Waals surface area contributed by atoms with Crippen molar-refractivity contribution in [3.8, 4) is 11.8 Å². The van der Waals surface area contributed by atoms with Crippen molar-refractivity contribution in [3.63, 3.8) is 0 Å². The van der Waals surface area contributed by atoms with Crippen molar-refractivity contribution in [1.82, 2.24) is 4.98 Å². The maximum absolute atomic E-state index is 8.89. The maximum atomic E-state index is 8.89. The number of hydrogen-bond acceptors (Lipinski definition) is 3. The lowest BCUT2D eigenvalue weighted by molar-refractivity contribution is 0.338. The van der Waals surface area contributed by atoms with Crippen LogP contribution in [0, 0.1) is 11.3 Å². The van der Waals surface area contributed by atoms with Crippen molar-refractivity contribution < 1.29 is 4.74 Å². The quantitative estimate of drug-likeness (QED) is 0.706. The van der Waals surface area contributed by atoms with E-state index in [1.807, 2.05) is 13.8 Å². The molecule has 0 bridgehead atoms. The molecule has 3 nitrogen and oxygen atoms in total. The van der Waals surface area contributed by atoms with Crippen LogP contribution < -0.4 is 4.74 Å². The third-order valence-corrected chi connectivity index (χ3v) is 1.74. The normalized spacial score (nSPS) is 9.31. The second-order valence-corrected chi connectivity index (χ2v) is 2.53. The summed E-state index contributed by atoms with van der Waals surface area (Å²) in [7, 11) is 0. The van der Waals surface area contributed by atoms with Crippen molar-refractivity contribution in [2.45, 2.75) is 20.3 Å². The van der Waals surface area contributed by atoms with Gasteiger partial charge in [0.15, 0.2) is 0 Å². The molecule has 1 aromatic rings. The lowest BCUT2D eigenvalue weighted by Gasteiger charge is -2.06. The Labute approximate surface area is 78.0 Å². The highest BCUT2D eigenvalue weighted by atomic mass is 16.5. The molecule has 1 heterocycles. The molecule has 0 aliphatic rings. The first-order chi connectivity index (χ1) is 6.33. The minimum absolute atomic E-state index is 0.562. The van der Waals surface area contributed by atoms with Gasteiger partial charge in [-0.05, 0) is 19.4 Å². The molecule has 0 spiro atoms. The van der Waals surface area contributed by atoms with Gasteiger partial charge in [0.25, 0.3) is 0 Å². The third kappa shape index (κ3) is 1.97. The lowest BCUT2D eigenvalue weighted by Crippen LogP contribution is -1.99. The first-order valence-electron chi connectivity index (χ1n) is 4.34. The van der Waals surface area contributed by atoms with Gasteiger partial charge < -0.3 is 4.74 Å². The Morgan fingerprint density at radius 1 is 1.54 bits per heavy atom. The number of nitrogens with zero attached hydrogens (tertiary/aromatic N) is 2. The molecular weight excluding hydrogens is 164 g/mol. The number of ether oxygens (including phenoxy) is 1. The highest BCUT2D eigenvalue weighted by Gasteiger charge is 2.07. The van der Waals surface area contributed by atoms with Gasteiger partial charge in [0, 0.05) is 6.20 Å². The highest BCUT2D eigenvalue weighted by Crippen LogP contribution is 2.19. The Bertz CT molecular complexity index is 328. The fourth-order valence-corrected chi connectivity index (χ4v) is 1.15. The molecule has 0 saturated carbocycles.